The van der Waals surface area contributed by atoms with Crippen LogP contribution in [-0.2, 0) is 0 Å². The van der Waals surface area contributed by atoms with Crippen molar-refractivity contribution in [3.05, 3.63) is 34.9 Å². The van der Waals surface area contributed by atoms with E-state index >= 15 is 0 Å². The quantitative estimate of drug-likeness (QED) is 0.767. The monoisotopic (exact) mass is 253 g/mol. The molecule has 2 unspecified atom stereocenters. The highest BCUT2D eigenvalue weighted by atomic mass is 35.5. The third-order valence-electron chi connectivity index (χ3n) is 3.08. The topological polar surface area (TPSA) is 12.0 Å². The summed E-state index contributed by atoms with van der Waals surface area (Å²) in [5, 5.41) is 4.43. The van der Waals surface area contributed by atoms with Crippen molar-refractivity contribution in [3.8, 4) is 0 Å². The predicted molar refractivity (Wildman–Crippen MR) is 76.5 cm³/mol. The first kappa shape index (κ1) is 14.5. The number of halogens is 1. The first-order valence-electron chi connectivity index (χ1n) is 6.50. The molecule has 1 rings (SSSR count). The van der Waals surface area contributed by atoms with Crippen LogP contribution in [0.3, 0.4) is 0 Å². The molecule has 2 atom stereocenters. The standard InChI is InChI=1S/C15H24ClN/c1-11(2)5-6-12(3)17-13(4)14-7-9-15(16)10-8-14/h7-13,17H,5-6H2,1-4H3. The van der Waals surface area contributed by atoms with Crippen LogP contribution < -0.4 is 5.32 Å². The van der Waals surface area contributed by atoms with Gasteiger partial charge in [-0.1, -0.05) is 37.6 Å². The molecule has 0 aromatic heterocycles. The van der Waals surface area contributed by atoms with E-state index < -0.39 is 0 Å². The highest BCUT2D eigenvalue weighted by Crippen LogP contribution is 2.17. The fourth-order valence-electron chi connectivity index (χ4n) is 1.94. The van der Waals surface area contributed by atoms with Gasteiger partial charge in [0.25, 0.3) is 0 Å². The highest BCUT2D eigenvalue weighted by Gasteiger charge is 2.09. The van der Waals surface area contributed by atoms with E-state index in [9.17, 15) is 0 Å². The van der Waals surface area contributed by atoms with Crippen molar-refractivity contribution in [1.29, 1.82) is 0 Å². The Morgan fingerprint density at radius 2 is 1.59 bits per heavy atom. The molecule has 0 fully saturated rings. The lowest BCUT2D eigenvalue weighted by atomic mass is 10.0. The van der Waals surface area contributed by atoms with Gasteiger partial charge in [0.15, 0.2) is 0 Å². The molecule has 0 heterocycles. The van der Waals surface area contributed by atoms with Crippen LogP contribution in [0.15, 0.2) is 24.3 Å². The van der Waals surface area contributed by atoms with Crippen LogP contribution in [0.25, 0.3) is 0 Å². The van der Waals surface area contributed by atoms with Crippen molar-refractivity contribution in [2.24, 2.45) is 5.92 Å². The summed E-state index contributed by atoms with van der Waals surface area (Å²) in [6.07, 6.45) is 2.51. The molecular formula is C15H24ClN. The molecule has 17 heavy (non-hydrogen) atoms. The number of benzene rings is 1. The predicted octanol–water partition coefficient (Wildman–Crippen LogP) is 4.82. The molecule has 0 bridgehead atoms. The molecule has 0 aliphatic heterocycles. The minimum atomic E-state index is 0.384. The summed E-state index contributed by atoms with van der Waals surface area (Å²) in [7, 11) is 0. The summed E-state index contributed by atoms with van der Waals surface area (Å²) in [5.74, 6) is 0.782. The average Bonchev–Trinajstić information content (AvgIpc) is 2.27. The number of nitrogens with one attached hydrogen (secondary N) is 1. The second-order valence-electron chi connectivity index (χ2n) is 5.31. The molecule has 1 nitrogen and oxygen atoms in total. The summed E-state index contributed by atoms with van der Waals surface area (Å²) in [6.45, 7) is 9.01. The van der Waals surface area contributed by atoms with Crippen molar-refractivity contribution >= 4 is 11.6 Å². The van der Waals surface area contributed by atoms with E-state index in [4.69, 9.17) is 11.6 Å². The van der Waals surface area contributed by atoms with Gasteiger partial charge >= 0.3 is 0 Å². The third kappa shape index (κ3) is 5.56. The van der Waals surface area contributed by atoms with Crippen molar-refractivity contribution < 1.29 is 0 Å². The lowest BCUT2D eigenvalue weighted by Crippen LogP contribution is -2.29. The van der Waals surface area contributed by atoms with E-state index in [1.165, 1.54) is 18.4 Å². The van der Waals surface area contributed by atoms with Crippen molar-refractivity contribution in [1.82, 2.24) is 5.32 Å². The Morgan fingerprint density at radius 1 is 1.00 bits per heavy atom. The highest BCUT2D eigenvalue weighted by molar-refractivity contribution is 6.30. The average molecular weight is 254 g/mol. The van der Waals surface area contributed by atoms with Gasteiger partial charge in [-0.15, -0.1) is 0 Å². The molecule has 0 amide bonds. The lowest BCUT2D eigenvalue weighted by Gasteiger charge is -2.21. The minimum absolute atomic E-state index is 0.384. The Hall–Kier alpha value is -0.530. The second kappa shape index (κ2) is 7.03. The smallest absolute Gasteiger partial charge is 0.0406 e. The third-order valence-corrected chi connectivity index (χ3v) is 3.33. The molecule has 0 saturated heterocycles. The largest absolute Gasteiger partial charge is 0.308 e. The molecule has 1 aromatic rings. The van der Waals surface area contributed by atoms with Crippen LogP contribution in [-0.4, -0.2) is 6.04 Å². The maximum atomic E-state index is 5.89. The van der Waals surface area contributed by atoms with Gasteiger partial charge in [0, 0.05) is 17.1 Å². The van der Waals surface area contributed by atoms with E-state index in [0.717, 1.165) is 10.9 Å². The van der Waals surface area contributed by atoms with Crippen LogP contribution in [0.4, 0.5) is 0 Å². The number of rotatable bonds is 6. The van der Waals surface area contributed by atoms with Crippen molar-refractivity contribution in [2.45, 2.75) is 52.6 Å². The van der Waals surface area contributed by atoms with Crippen LogP contribution in [0, 0.1) is 5.92 Å². The van der Waals surface area contributed by atoms with Gasteiger partial charge in [-0.2, -0.15) is 0 Å². The molecule has 0 radical (unpaired) electrons. The Kier molecular flexibility index (Phi) is 6.01. The van der Waals surface area contributed by atoms with E-state index in [1.54, 1.807) is 0 Å². The van der Waals surface area contributed by atoms with Gasteiger partial charge in [-0.25, -0.2) is 0 Å². The van der Waals surface area contributed by atoms with E-state index in [-0.39, 0.29) is 0 Å². The number of hydrogen-bond acceptors (Lipinski definition) is 1. The molecule has 0 saturated carbocycles. The van der Waals surface area contributed by atoms with Gasteiger partial charge in [0.1, 0.15) is 0 Å². The van der Waals surface area contributed by atoms with Gasteiger partial charge < -0.3 is 5.32 Å². The van der Waals surface area contributed by atoms with Crippen LogP contribution >= 0.6 is 11.6 Å². The van der Waals surface area contributed by atoms with E-state index in [0.29, 0.717) is 12.1 Å². The molecule has 0 aliphatic carbocycles. The molecule has 1 aromatic carbocycles. The van der Waals surface area contributed by atoms with Crippen LogP contribution in [0.5, 0.6) is 0 Å². The van der Waals surface area contributed by atoms with Gasteiger partial charge in [-0.05, 0) is 50.3 Å². The summed E-state index contributed by atoms with van der Waals surface area (Å²) in [4.78, 5) is 0. The summed E-state index contributed by atoms with van der Waals surface area (Å²) in [6, 6.07) is 9.03. The maximum absolute atomic E-state index is 5.89. The zero-order valence-electron chi connectivity index (χ0n) is 11.3. The first-order chi connectivity index (χ1) is 7.99. The molecule has 1 N–H and O–H groups in total. The van der Waals surface area contributed by atoms with Gasteiger partial charge in [0.2, 0.25) is 0 Å². The van der Waals surface area contributed by atoms with Crippen LogP contribution in [0.2, 0.25) is 5.02 Å². The SMILES string of the molecule is CC(C)CCC(C)NC(C)c1ccc(Cl)cc1. The Balaban J connectivity index is 2.42. The lowest BCUT2D eigenvalue weighted by molar-refractivity contribution is 0.417. The van der Waals surface area contributed by atoms with Crippen molar-refractivity contribution in [3.63, 3.8) is 0 Å². The van der Waals surface area contributed by atoms with Gasteiger partial charge in [0.05, 0.1) is 0 Å². The molecule has 2 heteroatoms. The summed E-state index contributed by atoms with van der Waals surface area (Å²) < 4.78 is 0. The second-order valence-corrected chi connectivity index (χ2v) is 5.75. The van der Waals surface area contributed by atoms with Gasteiger partial charge in [-0.3, -0.25) is 0 Å². The zero-order chi connectivity index (χ0) is 12.8. The number of hydrogen-bond donors (Lipinski definition) is 1. The Bertz CT molecular complexity index is 318. The van der Waals surface area contributed by atoms with E-state index in [1.807, 2.05) is 12.1 Å². The first-order valence-corrected chi connectivity index (χ1v) is 6.88. The molecule has 0 aliphatic rings. The Morgan fingerprint density at radius 3 is 2.12 bits per heavy atom. The van der Waals surface area contributed by atoms with E-state index in [2.05, 4.69) is 45.1 Å². The summed E-state index contributed by atoms with van der Waals surface area (Å²) in [5.41, 5.74) is 1.30. The fraction of sp³-hybridized carbons (Fsp3) is 0.600. The summed E-state index contributed by atoms with van der Waals surface area (Å²) >= 11 is 5.89. The molecule has 96 valence electrons. The van der Waals surface area contributed by atoms with Crippen LogP contribution in [0.1, 0.15) is 52.1 Å². The van der Waals surface area contributed by atoms with Crippen molar-refractivity contribution in [2.75, 3.05) is 0 Å². The molecule has 0 spiro atoms. The molecular weight excluding hydrogens is 230 g/mol. The zero-order valence-corrected chi connectivity index (χ0v) is 12.1. The Labute approximate surface area is 111 Å². The maximum Gasteiger partial charge on any atom is 0.0406 e. The normalized spacial score (nSPS) is 14.9. The fourth-order valence-corrected chi connectivity index (χ4v) is 2.07. The minimum Gasteiger partial charge on any atom is -0.308 e.